The summed E-state index contributed by atoms with van der Waals surface area (Å²) >= 11 is 0. The van der Waals surface area contributed by atoms with Gasteiger partial charge in [-0.1, -0.05) is 36.4 Å². The molecule has 0 amide bonds. The van der Waals surface area contributed by atoms with Crippen molar-refractivity contribution in [2.45, 2.75) is 6.92 Å². The van der Waals surface area contributed by atoms with E-state index in [4.69, 9.17) is 0 Å². The monoisotopic (exact) mass is 187 g/mol. The summed E-state index contributed by atoms with van der Waals surface area (Å²) in [6, 6.07) is 9.71. The first-order chi connectivity index (χ1) is 6.88. The van der Waals surface area contributed by atoms with Crippen LogP contribution in [-0.4, -0.2) is 6.29 Å². The van der Waals surface area contributed by atoms with E-state index in [1.165, 1.54) is 6.08 Å². The highest BCUT2D eigenvalue weighted by Gasteiger charge is 1.96. The van der Waals surface area contributed by atoms with Crippen LogP contribution in [0.25, 0.3) is 5.70 Å². The number of nitrogens with one attached hydrogen (secondary N) is 1. The van der Waals surface area contributed by atoms with Gasteiger partial charge in [0.15, 0.2) is 0 Å². The summed E-state index contributed by atoms with van der Waals surface area (Å²) in [6.07, 6.45) is 5.96. The van der Waals surface area contributed by atoms with Crippen molar-refractivity contribution in [3.05, 3.63) is 54.2 Å². The molecule has 14 heavy (non-hydrogen) atoms. The van der Waals surface area contributed by atoms with Crippen LogP contribution in [-0.2, 0) is 4.79 Å². The van der Waals surface area contributed by atoms with E-state index >= 15 is 0 Å². The lowest BCUT2D eigenvalue weighted by Crippen LogP contribution is -2.03. The lowest BCUT2D eigenvalue weighted by atomic mass is 10.1. The molecule has 2 heteroatoms. The highest BCUT2D eigenvalue weighted by molar-refractivity contribution is 5.80. The minimum absolute atomic E-state index is 0.777. The maximum Gasteiger partial charge on any atom is 0.144 e. The van der Waals surface area contributed by atoms with Gasteiger partial charge < -0.3 is 5.32 Å². The zero-order valence-electron chi connectivity index (χ0n) is 8.10. The largest absolute Gasteiger partial charge is 0.361 e. The molecule has 0 aliphatic carbocycles. The SMILES string of the molecule is C/C=C/N/C(=C\C=O)c1ccccc1. The summed E-state index contributed by atoms with van der Waals surface area (Å²) in [5.74, 6) is 0. The standard InChI is InChI=1S/C12H13NO/c1-2-9-13-12(8-10-14)11-6-4-3-5-7-11/h2-10,13H,1H3/b9-2+,12-8-. The third-order valence-corrected chi connectivity index (χ3v) is 1.73. The molecule has 1 rings (SSSR count). The fourth-order valence-electron chi connectivity index (χ4n) is 1.09. The van der Waals surface area contributed by atoms with Gasteiger partial charge in [0.05, 0.1) is 0 Å². The predicted molar refractivity (Wildman–Crippen MR) is 58.4 cm³/mol. The van der Waals surface area contributed by atoms with Crippen molar-refractivity contribution in [2.75, 3.05) is 0 Å². The Kier molecular flexibility index (Phi) is 4.21. The van der Waals surface area contributed by atoms with E-state index in [0.29, 0.717) is 0 Å². The molecule has 1 N–H and O–H groups in total. The molecular weight excluding hydrogens is 174 g/mol. The number of carbonyl (C=O) groups is 1. The van der Waals surface area contributed by atoms with Crippen molar-refractivity contribution in [3.8, 4) is 0 Å². The normalized spacial score (nSPS) is 11.6. The first kappa shape index (κ1) is 10.3. The van der Waals surface area contributed by atoms with Crippen LogP contribution in [0.2, 0.25) is 0 Å². The molecule has 0 aliphatic heterocycles. The highest BCUT2D eigenvalue weighted by Crippen LogP contribution is 2.09. The summed E-state index contributed by atoms with van der Waals surface area (Å²) < 4.78 is 0. The van der Waals surface area contributed by atoms with Gasteiger partial charge in [0.25, 0.3) is 0 Å². The Labute approximate surface area is 84.0 Å². The Morgan fingerprint density at radius 1 is 1.29 bits per heavy atom. The highest BCUT2D eigenvalue weighted by atomic mass is 16.1. The second kappa shape index (κ2) is 5.75. The molecule has 2 nitrogen and oxygen atoms in total. The van der Waals surface area contributed by atoms with E-state index < -0.39 is 0 Å². The van der Waals surface area contributed by atoms with E-state index in [2.05, 4.69) is 5.32 Å². The minimum atomic E-state index is 0.777. The van der Waals surface area contributed by atoms with Gasteiger partial charge in [-0.3, -0.25) is 4.79 Å². The van der Waals surface area contributed by atoms with Crippen molar-refractivity contribution >= 4 is 12.0 Å². The zero-order valence-corrected chi connectivity index (χ0v) is 8.10. The minimum Gasteiger partial charge on any atom is -0.361 e. The predicted octanol–water partition coefficient (Wildman–Crippen LogP) is 2.35. The van der Waals surface area contributed by atoms with E-state index in [-0.39, 0.29) is 0 Å². The molecule has 0 bridgehead atoms. The van der Waals surface area contributed by atoms with Crippen LogP contribution in [0.5, 0.6) is 0 Å². The number of hydrogen-bond acceptors (Lipinski definition) is 2. The van der Waals surface area contributed by atoms with Crippen LogP contribution in [0.1, 0.15) is 12.5 Å². The Bertz CT molecular complexity index is 339. The van der Waals surface area contributed by atoms with Gasteiger partial charge in [0, 0.05) is 11.8 Å². The second-order valence-electron chi connectivity index (χ2n) is 2.73. The Morgan fingerprint density at radius 3 is 2.57 bits per heavy atom. The molecule has 0 saturated heterocycles. The van der Waals surface area contributed by atoms with Gasteiger partial charge in [0.2, 0.25) is 0 Å². The molecule has 1 aromatic rings. The van der Waals surface area contributed by atoms with Crippen LogP contribution in [0.3, 0.4) is 0 Å². The number of hydrogen-bond donors (Lipinski definition) is 1. The maximum atomic E-state index is 10.4. The van der Waals surface area contributed by atoms with Crippen molar-refractivity contribution in [1.29, 1.82) is 0 Å². The van der Waals surface area contributed by atoms with Crippen molar-refractivity contribution in [3.63, 3.8) is 0 Å². The quantitative estimate of drug-likeness (QED) is 0.579. The second-order valence-corrected chi connectivity index (χ2v) is 2.73. The van der Waals surface area contributed by atoms with Crippen LogP contribution in [0.4, 0.5) is 0 Å². The summed E-state index contributed by atoms with van der Waals surface area (Å²) in [6.45, 7) is 1.91. The van der Waals surface area contributed by atoms with Crippen molar-refractivity contribution in [1.82, 2.24) is 5.32 Å². The number of allylic oxidation sites excluding steroid dienone is 2. The molecule has 0 atom stereocenters. The molecule has 1 aromatic carbocycles. The molecule has 0 spiro atoms. The first-order valence-electron chi connectivity index (χ1n) is 4.47. The summed E-state index contributed by atoms with van der Waals surface area (Å²) in [5, 5.41) is 3.04. The van der Waals surface area contributed by atoms with Gasteiger partial charge in [0.1, 0.15) is 6.29 Å². The Morgan fingerprint density at radius 2 is 2.00 bits per heavy atom. The fourth-order valence-corrected chi connectivity index (χ4v) is 1.09. The molecule has 0 unspecified atom stereocenters. The smallest absolute Gasteiger partial charge is 0.144 e. The molecule has 0 saturated carbocycles. The molecule has 0 aromatic heterocycles. The molecule has 0 aliphatic rings. The summed E-state index contributed by atoms with van der Waals surface area (Å²) in [4.78, 5) is 10.4. The van der Waals surface area contributed by atoms with Crippen LogP contribution >= 0.6 is 0 Å². The van der Waals surface area contributed by atoms with Crippen LogP contribution in [0.15, 0.2) is 48.7 Å². The van der Waals surface area contributed by atoms with Crippen molar-refractivity contribution in [2.24, 2.45) is 0 Å². The first-order valence-corrected chi connectivity index (χ1v) is 4.47. The van der Waals surface area contributed by atoms with Gasteiger partial charge >= 0.3 is 0 Å². The zero-order chi connectivity index (χ0) is 10.2. The molecule has 72 valence electrons. The fraction of sp³-hybridized carbons (Fsp3) is 0.0833. The number of carbonyl (C=O) groups excluding carboxylic acids is 1. The summed E-state index contributed by atoms with van der Waals surface area (Å²) in [7, 11) is 0. The van der Waals surface area contributed by atoms with Gasteiger partial charge in [-0.15, -0.1) is 0 Å². The maximum absolute atomic E-state index is 10.4. The number of benzene rings is 1. The van der Waals surface area contributed by atoms with E-state index in [1.54, 1.807) is 6.20 Å². The van der Waals surface area contributed by atoms with Crippen LogP contribution < -0.4 is 5.32 Å². The lowest BCUT2D eigenvalue weighted by Gasteiger charge is -2.05. The van der Waals surface area contributed by atoms with Gasteiger partial charge in [-0.2, -0.15) is 0 Å². The molecule has 0 fully saturated rings. The third-order valence-electron chi connectivity index (χ3n) is 1.73. The Hall–Kier alpha value is -1.83. The average Bonchev–Trinajstić information content (AvgIpc) is 2.25. The number of aldehydes is 1. The third kappa shape index (κ3) is 2.90. The van der Waals surface area contributed by atoms with Crippen LogP contribution in [0, 0.1) is 0 Å². The average molecular weight is 187 g/mol. The number of rotatable bonds is 4. The Balaban J connectivity index is 2.89. The molecule has 0 radical (unpaired) electrons. The van der Waals surface area contributed by atoms with Gasteiger partial charge in [-0.25, -0.2) is 0 Å². The summed E-state index contributed by atoms with van der Waals surface area (Å²) in [5.41, 5.74) is 1.80. The van der Waals surface area contributed by atoms with E-state index in [1.807, 2.05) is 43.3 Å². The molecule has 0 heterocycles. The van der Waals surface area contributed by atoms with E-state index in [9.17, 15) is 4.79 Å². The molecular formula is C12H13NO. The van der Waals surface area contributed by atoms with E-state index in [0.717, 1.165) is 17.5 Å². The van der Waals surface area contributed by atoms with Crippen molar-refractivity contribution < 1.29 is 4.79 Å². The topological polar surface area (TPSA) is 29.1 Å². The van der Waals surface area contributed by atoms with Gasteiger partial charge in [-0.05, 0) is 18.7 Å². The lowest BCUT2D eigenvalue weighted by molar-refractivity contribution is -0.104.